The molecular formula is C26H36IN5O. The number of carbonyl (C=O) groups excluding carboxylic acids is 1. The van der Waals surface area contributed by atoms with Gasteiger partial charge in [0.1, 0.15) is 0 Å². The van der Waals surface area contributed by atoms with E-state index in [0.29, 0.717) is 12.6 Å². The third-order valence-corrected chi connectivity index (χ3v) is 6.36. The average molecular weight is 562 g/mol. The van der Waals surface area contributed by atoms with Crippen molar-refractivity contribution in [1.82, 2.24) is 10.6 Å². The zero-order valence-electron chi connectivity index (χ0n) is 19.6. The lowest BCUT2D eigenvalue weighted by molar-refractivity contribution is -0.122. The summed E-state index contributed by atoms with van der Waals surface area (Å²) < 4.78 is 0. The summed E-state index contributed by atoms with van der Waals surface area (Å²) in [5, 5.41) is 10.0. The molecule has 178 valence electrons. The van der Waals surface area contributed by atoms with E-state index < -0.39 is 0 Å². The molecule has 1 aliphatic carbocycles. The number of nitrogens with zero attached hydrogens (tertiary/aromatic N) is 2. The maximum absolute atomic E-state index is 12.2. The van der Waals surface area contributed by atoms with Gasteiger partial charge in [-0.1, -0.05) is 36.2 Å². The van der Waals surface area contributed by atoms with E-state index in [1.54, 1.807) is 0 Å². The highest BCUT2D eigenvalue weighted by molar-refractivity contribution is 14.0. The number of anilines is 2. The van der Waals surface area contributed by atoms with Crippen molar-refractivity contribution in [2.24, 2.45) is 10.9 Å². The second-order valence-corrected chi connectivity index (χ2v) is 8.92. The van der Waals surface area contributed by atoms with Gasteiger partial charge in [-0.25, -0.2) is 4.99 Å². The summed E-state index contributed by atoms with van der Waals surface area (Å²) in [6.07, 6.45) is 4.27. The number of halogens is 1. The first-order chi connectivity index (χ1) is 15.6. The topological polar surface area (TPSA) is 68.8 Å². The monoisotopic (exact) mass is 561 g/mol. The van der Waals surface area contributed by atoms with Gasteiger partial charge in [-0.2, -0.15) is 0 Å². The Balaban J connectivity index is 0.00000306. The normalized spacial score (nSPS) is 18.3. The maximum Gasteiger partial charge on any atom is 0.227 e. The molecule has 0 aromatic heterocycles. The van der Waals surface area contributed by atoms with Gasteiger partial charge in [0.2, 0.25) is 5.91 Å². The Labute approximate surface area is 214 Å². The molecule has 1 amide bonds. The zero-order valence-corrected chi connectivity index (χ0v) is 22.0. The number of amides is 1. The molecule has 1 saturated carbocycles. The third-order valence-electron chi connectivity index (χ3n) is 6.36. The molecule has 3 N–H and O–H groups in total. The molecule has 2 fully saturated rings. The van der Waals surface area contributed by atoms with Gasteiger partial charge in [-0.05, 0) is 62.9 Å². The average Bonchev–Trinajstić information content (AvgIpc) is 3.20. The van der Waals surface area contributed by atoms with Crippen LogP contribution in [0.25, 0.3) is 0 Å². The summed E-state index contributed by atoms with van der Waals surface area (Å²) in [7, 11) is 0. The number of aliphatic imine (C=N–C) groups is 1. The van der Waals surface area contributed by atoms with Crippen LogP contribution in [0.5, 0.6) is 0 Å². The van der Waals surface area contributed by atoms with Crippen LogP contribution in [0.15, 0.2) is 53.5 Å². The Hall–Kier alpha value is -2.29. The summed E-state index contributed by atoms with van der Waals surface area (Å²) in [5.74, 6) is 1.17. The first kappa shape index (κ1) is 25.3. The number of rotatable bonds is 7. The van der Waals surface area contributed by atoms with Crippen LogP contribution in [-0.2, 0) is 11.3 Å². The molecule has 1 atom stereocenters. The number of hydrogen-bond acceptors (Lipinski definition) is 3. The van der Waals surface area contributed by atoms with Crippen LogP contribution in [0, 0.1) is 12.8 Å². The molecule has 2 aromatic carbocycles. The molecule has 2 aliphatic rings. The summed E-state index contributed by atoms with van der Waals surface area (Å²) in [6, 6.07) is 17.1. The lowest BCUT2D eigenvalue weighted by Crippen LogP contribution is -2.44. The minimum atomic E-state index is 0. The fourth-order valence-electron chi connectivity index (χ4n) is 4.21. The number of guanidine groups is 1. The minimum absolute atomic E-state index is 0. The molecule has 1 saturated heterocycles. The van der Waals surface area contributed by atoms with Gasteiger partial charge in [-0.3, -0.25) is 4.79 Å². The molecule has 33 heavy (non-hydrogen) atoms. The molecule has 1 heterocycles. The minimum Gasteiger partial charge on any atom is -0.369 e. The smallest absolute Gasteiger partial charge is 0.227 e. The summed E-state index contributed by atoms with van der Waals surface area (Å²) >= 11 is 0. The van der Waals surface area contributed by atoms with Crippen LogP contribution < -0.4 is 20.9 Å². The van der Waals surface area contributed by atoms with E-state index in [9.17, 15) is 4.79 Å². The standard InChI is InChI=1S/C26H35N5O.HI/c1-3-27-26(30-23-14-15-31(18-23)24-12-10-19(2)11-13-24)28-17-20-6-4-9-22(16-20)29-25(32)21-7-5-8-21;/h4,6,9-13,16,21,23H,3,5,7-8,14-15,17-18H2,1-2H3,(H,29,32)(H2,27,28,30);1H. The van der Waals surface area contributed by atoms with Crippen LogP contribution >= 0.6 is 24.0 Å². The number of aryl methyl sites for hydroxylation is 1. The Morgan fingerprint density at radius 3 is 2.61 bits per heavy atom. The van der Waals surface area contributed by atoms with Crippen molar-refractivity contribution in [3.05, 3.63) is 59.7 Å². The predicted octanol–water partition coefficient (Wildman–Crippen LogP) is 4.69. The first-order valence-corrected chi connectivity index (χ1v) is 11.9. The van der Waals surface area contributed by atoms with Crippen molar-refractivity contribution in [2.45, 2.75) is 52.1 Å². The Kier molecular flexibility index (Phi) is 9.41. The van der Waals surface area contributed by atoms with E-state index in [1.165, 1.54) is 11.3 Å². The Morgan fingerprint density at radius 2 is 1.91 bits per heavy atom. The SMILES string of the molecule is CCNC(=NCc1cccc(NC(=O)C2CCC2)c1)NC1CCN(c2ccc(C)cc2)C1.I. The quantitative estimate of drug-likeness (QED) is 0.261. The number of hydrogen-bond donors (Lipinski definition) is 3. The highest BCUT2D eigenvalue weighted by atomic mass is 127. The summed E-state index contributed by atoms with van der Waals surface area (Å²) in [6.45, 7) is 7.60. The number of carbonyl (C=O) groups is 1. The van der Waals surface area contributed by atoms with Crippen LogP contribution in [0.1, 0.15) is 43.7 Å². The third kappa shape index (κ3) is 7.09. The largest absolute Gasteiger partial charge is 0.369 e. The van der Waals surface area contributed by atoms with Crippen molar-refractivity contribution in [3.63, 3.8) is 0 Å². The van der Waals surface area contributed by atoms with E-state index >= 15 is 0 Å². The van der Waals surface area contributed by atoms with E-state index in [1.807, 2.05) is 18.2 Å². The molecule has 4 rings (SSSR count). The van der Waals surface area contributed by atoms with Crippen LogP contribution in [0.3, 0.4) is 0 Å². The molecule has 7 heteroatoms. The number of benzene rings is 2. The van der Waals surface area contributed by atoms with Crippen molar-refractivity contribution in [3.8, 4) is 0 Å². The zero-order chi connectivity index (χ0) is 22.3. The van der Waals surface area contributed by atoms with E-state index in [-0.39, 0.29) is 35.8 Å². The second kappa shape index (κ2) is 12.3. The van der Waals surface area contributed by atoms with Gasteiger partial charge in [0.15, 0.2) is 5.96 Å². The lowest BCUT2D eigenvalue weighted by Gasteiger charge is -2.24. The molecule has 1 unspecified atom stereocenters. The first-order valence-electron chi connectivity index (χ1n) is 11.9. The molecule has 2 aromatic rings. The van der Waals surface area contributed by atoms with Crippen LogP contribution in [0.4, 0.5) is 11.4 Å². The molecule has 1 aliphatic heterocycles. The van der Waals surface area contributed by atoms with Gasteiger partial charge < -0.3 is 20.9 Å². The van der Waals surface area contributed by atoms with Crippen LogP contribution in [0.2, 0.25) is 0 Å². The van der Waals surface area contributed by atoms with Gasteiger partial charge >= 0.3 is 0 Å². The van der Waals surface area contributed by atoms with Gasteiger partial charge in [-0.15, -0.1) is 24.0 Å². The lowest BCUT2D eigenvalue weighted by atomic mass is 9.85. The van der Waals surface area contributed by atoms with Crippen molar-refractivity contribution < 1.29 is 4.79 Å². The maximum atomic E-state index is 12.2. The summed E-state index contributed by atoms with van der Waals surface area (Å²) in [4.78, 5) is 19.5. The van der Waals surface area contributed by atoms with Gasteiger partial charge in [0.25, 0.3) is 0 Å². The van der Waals surface area contributed by atoms with Crippen molar-refractivity contribution in [1.29, 1.82) is 0 Å². The van der Waals surface area contributed by atoms with Crippen molar-refractivity contribution >= 4 is 47.2 Å². The highest BCUT2D eigenvalue weighted by Gasteiger charge is 2.25. The van der Waals surface area contributed by atoms with Crippen LogP contribution in [-0.4, -0.2) is 37.5 Å². The highest BCUT2D eigenvalue weighted by Crippen LogP contribution is 2.27. The Morgan fingerprint density at radius 1 is 1.12 bits per heavy atom. The molecular weight excluding hydrogens is 525 g/mol. The molecule has 0 radical (unpaired) electrons. The van der Waals surface area contributed by atoms with E-state index in [0.717, 1.165) is 62.5 Å². The van der Waals surface area contributed by atoms with Gasteiger partial charge in [0, 0.05) is 43.0 Å². The molecule has 0 bridgehead atoms. The van der Waals surface area contributed by atoms with Crippen molar-refractivity contribution in [2.75, 3.05) is 29.9 Å². The molecule has 0 spiro atoms. The van der Waals surface area contributed by atoms with E-state index in [4.69, 9.17) is 4.99 Å². The summed E-state index contributed by atoms with van der Waals surface area (Å²) in [5.41, 5.74) is 4.51. The fourth-order valence-corrected chi connectivity index (χ4v) is 4.21. The number of nitrogens with one attached hydrogen (secondary N) is 3. The van der Waals surface area contributed by atoms with Gasteiger partial charge in [0.05, 0.1) is 6.54 Å². The predicted molar refractivity (Wildman–Crippen MR) is 148 cm³/mol. The fraction of sp³-hybridized carbons (Fsp3) is 0.462. The molecule has 6 nitrogen and oxygen atoms in total. The Bertz CT molecular complexity index is 942. The van der Waals surface area contributed by atoms with E-state index in [2.05, 4.69) is 65.0 Å². The second-order valence-electron chi connectivity index (χ2n) is 8.92.